The largest absolute Gasteiger partial charge is 0.481 e. The molecule has 3 aromatic heterocycles. The molecule has 0 amide bonds. The summed E-state index contributed by atoms with van der Waals surface area (Å²) in [5, 5.41) is 11.6. The zero-order valence-corrected chi connectivity index (χ0v) is 29.4. The third-order valence-electron chi connectivity index (χ3n) is 8.61. The molecular weight excluding hydrogens is 652 g/mol. The van der Waals surface area contributed by atoms with Crippen LogP contribution in [0.4, 0.5) is 13.2 Å². The first-order valence-corrected chi connectivity index (χ1v) is 17.8. The second kappa shape index (κ2) is 14.4. The number of aromatic nitrogens is 3. The number of carbonyl (C=O) groups is 1. The Labute approximate surface area is 288 Å². The molecule has 0 saturated carbocycles. The highest BCUT2D eigenvalue weighted by molar-refractivity contribution is 8.01. The van der Waals surface area contributed by atoms with E-state index in [-0.39, 0.29) is 4.75 Å². The highest BCUT2D eigenvalue weighted by Gasteiger charge is 2.38. The SMILES string of the molecule is CCC(CC)(Cc1c(SC(C)(C)C)c2cc(SCc3ccccn3)ccc2n1Cc1ccc(-c2ccc(C(F)(F)F)cn2)cc1)C(=O)O. The van der Waals surface area contributed by atoms with Crippen LogP contribution in [0.3, 0.4) is 0 Å². The minimum absolute atomic E-state index is 0.133. The van der Waals surface area contributed by atoms with Gasteiger partial charge in [0, 0.05) is 67.8 Å². The molecule has 10 heteroatoms. The predicted molar refractivity (Wildman–Crippen MR) is 189 cm³/mol. The van der Waals surface area contributed by atoms with E-state index in [4.69, 9.17) is 0 Å². The fourth-order valence-corrected chi connectivity index (χ4v) is 7.79. The molecule has 3 heterocycles. The number of aliphatic carboxylic acids is 1. The van der Waals surface area contributed by atoms with Crippen molar-refractivity contribution in [1.82, 2.24) is 14.5 Å². The van der Waals surface area contributed by atoms with Crippen LogP contribution in [0.25, 0.3) is 22.2 Å². The number of pyridine rings is 2. The molecule has 0 saturated heterocycles. The smallest absolute Gasteiger partial charge is 0.417 e. The van der Waals surface area contributed by atoms with Crippen molar-refractivity contribution in [2.45, 2.75) is 86.9 Å². The van der Waals surface area contributed by atoms with Crippen molar-refractivity contribution in [3.05, 3.63) is 108 Å². The molecule has 252 valence electrons. The first-order chi connectivity index (χ1) is 22.7. The molecule has 5 aromatic rings. The van der Waals surface area contributed by atoms with Crippen molar-refractivity contribution in [3.63, 3.8) is 0 Å². The summed E-state index contributed by atoms with van der Waals surface area (Å²) in [6.07, 6.45) is -0.406. The molecule has 0 aliphatic carbocycles. The van der Waals surface area contributed by atoms with Gasteiger partial charge in [0.25, 0.3) is 0 Å². The molecular formula is C38H40F3N3O2S2. The predicted octanol–water partition coefficient (Wildman–Crippen LogP) is 10.8. The topological polar surface area (TPSA) is 68.0 Å². The number of hydrogen-bond acceptors (Lipinski definition) is 5. The van der Waals surface area contributed by atoms with Gasteiger partial charge in [-0.15, -0.1) is 23.5 Å². The van der Waals surface area contributed by atoms with Crippen molar-refractivity contribution < 1.29 is 23.1 Å². The Kier molecular flexibility index (Phi) is 10.7. The van der Waals surface area contributed by atoms with E-state index in [0.29, 0.717) is 37.1 Å². The normalized spacial score (nSPS) is 12.5. The molecule has 5 nitrogen and oxygen atoms in total. The maximum atomic E-state index is 13.1. The van der Waals surface area contributed by atoms with Gasteiger partial charge in [-0.1, -0.05) is 65.0 Å². The van der Waals surface area contributed by atoms with Gasteiger partial charge in [-0.05, 0) is 60.9 Å². The second-order valence-electron chi connectivity index (χ2n) is 13.0. The monoisotopic (exact) mass is 691 g/mol. The van der Waals surface area contributed by atoms with E-state index in [9.17, 15) is 23.1 Å². The second-order valence-corrected chi connectivity index (χ2v) is 15.8. The fraction of sp³-hybridized carbons (Fsp3) is 0.342. The molecule has 2 aromatic carbocycles. The number of thioether (sulfide) groups is 2. The summed E-state index contributed by atoms with van der Waals surface area (Å²) in [6.45, 7) is 10.9. The summed E-state index contributed by atoms with van der Waals surface area (Å²) in [5.74, 6) is -0.0636. The number of fused-ring (bicyclic) bond motifs is 1. The minimum atomic E-state index is -4.44. The van der Waals surface area contributed by atoms with Crippen LogP contribution in [-0.4, -0.2) is 30.4 Å². The lowest BCUT2D eigenvalue weighted by atomic mass is 9.78. The Morgan fingerprint density at radius 2 is 1.65 bits per heavy atom. The van der Waals surface area contributed by atoms with Gasteiger partial charge >= 0.3 is 12.1 Å². The number of carboxylic acid groups (broad SMARTS) is 1. The number of benzene rings is 2. The Balaban J connectivity index is 1.59. The summed E-state index contributed by atoms with van der Waals surface area (Å²) in [7, 11) is 0. The summed E-state index contributed by atoms with van der Waals surface area (Å²) >= 11 is 3.48. The molecule has 1 N–H and O–H groups in total. The van der Waals surface area contributed by atoms with Gasteiger partial charge in [0.1, 0.15) is 0 Å². The lowest BCUT2D eigenvalue weighted by Crippen LogP contribution is -2.33. The van der Waals surface area contributed by atoms with Crippen LogP contribution >= 0.6 is 23.5 Å². The maximum Gasteiger partial charge on any atom is 0.417 e. The summed E-state index contributed by atoms with van der Waals surface area (Å²) in [5.41, 5.74) is 3.47. The molecule has 0 atom stereocenters. The number of hydrogen-bond donors (Lipinski definition) is 1. The highest BCUT2D eigenvalue weighted by Crippen LogP contribution is 2.45. The molecule has 5 rings (SSSR count). The Hall–Kier alpha value is -3.76. The van der Waals surface area contributed by atoms with Crippen molar-refractivity contribution in [2.75, 3.05) is 0 Å². The van der Waals surface area contributed by atoms with Gasteiger partial charge in [0.2, 0.25) is 0 Å². The summed E-state index contributed by atoms with van der Waals surface area (Å²) in [4.78, 5) is 23.5. The van der Waals surface area contributed by atoms with E-state index in [1.807, 2.05) is 56.3 Å². The fourth-order valence-electron chi connectivity index (χ4n) is 5.76. The van der Waals surface area contributed by atoms with Gasteiger partial charge in [-0.25, -0.2) is 0 Å². The van der Waals surface area contributed by atoms with Crippen molar-refractivity contribution in [2.24, 2.45) is 5.41 Å². The van der Waals surface area contributed by atoms with Crippen LogP contribution in [0.15, 0.2) is 95.0 Å². The maximum absolute atomic E-state index is 13.1. The molecule has 0 aliphatic heterocycles. The van der Waals surface area contributed by atoms with Crippen LogP contribution in [0.5, 0.6) is 0 Å². The average molecular weight is 692 g/mol. The molecule has 48 heavy (non-hydrogen) atoms. The minimum Gasteiger partial charge on any atom is -0.481 e. The van der Waals surface area contributed by atoms with Gasteiger partial charge in [-0.2, -0.15) is 13.2 Å². The number of carboxylic acids is 1. The molecule has 0 radical (unpaired) electrons. The quantitative estimate of drug-likeness (QED) is 0.131. The van der Waals surface area contributed by atoms with E-state index in [1.54, 1.807) is 29.7 Å². The Morgan fingerprint density at radius 1 is 0.917 bits per heavy atom. The highest BCUT2D eigenvalue weighted by atomic mass is 32.2. The molecule has 0 unspecified atom stereocenters. The molecule has 0 fully saturated rings. The third-order valence-corrected chi connectivity index (χ3v) is 10.9. The van der Waals surface area contributed by atoms with Crippen molar-refractivity contribution in [1.29, 1.82) is 0 Å². The molecule has 0 spiro atoms. The number of nitrogens with zero attached hydrogens (tertiary/aromatic N) is 3. The average Bonchev–Trinajstić information content (AvgIpc) is 3.32. The summed E-state index contributed by atoms with van der Waals surface area (Å²) in [6, 6.07) is 22.5. The zero-order valence-electron chi connectivity index (χ0n) is 27.8. The number of rotatable bonds is 12. The van der Waals surface area contributed by atoms with E-state index in [0.717, 1.165) is 55.7 Å². The van der Waals surface area contributed by atoms with E-state index in [1.165, 1.54) is 6.07 Å². The van der Waals surface area contributed by atoms with Crippen LogP contribution < -0.4 is 0 Å². The van der Waals surface area contributed by atoms with Crippen LogP contribution in [0.1, 0.15) is 70.0 Å². The van der Waals surface area contributed by atoms with Crippen LogP contribution in [-0.2, 0) is 29.7 Å². The Morgan fingerprint density at radius 3 is 2.21 bits per heavy atom. The van der Waals surface area contributed by atoms with Crippen molar-refractivity contribution in [3.8, 4) is 11.3 Å². The van der Waals surface area contributed by atoms with Gasteiger partial charge in [-0.3, -0.25) is 14.8 Å². The van der Waals surface area contributed by atoms with Crippen LogP contribution in [0.2, 0.25) is 0 Å². The standard InChI is InChI=1S/C38H40F3N3O2S2/c1-6-37(7-2,35(45)46)21-33-34(48-36(3,4)5)30-20-29(47-24-28-10-8-9-19-42-28)16-18-32(30)44(33)23-25-11-13-26(14-12-25)31-17-15-27(22-43-31)38(39,40)41/h8-20,22H,6-7,21,23-24H2,1-5H3,(H,45,46). The number of halogens is 3. The van der Waals surface area contributed by atoms with Gasteiger partial charge < -0.3 is 9.67 Å². The lowest BCUT2D eigenvalue weighted by Gasteiger charge is -2.29. The van der Waals surface area contributed by atoms with Gasteiger partial charge in [0.05, 0.1) is 22.4 Å². The van der Waals surface area contributed by atoms with E-state index in [2.05, 4.69) is 53.5 Å². The lowest BCUT2D eigenvalue weighted by molar-refractivity contribution is -0.149. The first kappa shape index (κ1) is 35.5. The van der Waals surface area contributed by atoms with E-state index >= 15 is 0 Å². The number of alkyl halides is 3. The Bertz CT molecular complexity index is 1860. The summed E-state index contributed by atoms with van der Waals surface area (Å²) < 4.78 is 41.3. The van der Waals surface area contributed by atoms with Crippen LogP contribution in [0, 0.1) is 5.41 Å². The molecule has 0 bridgehead atoms. The van der Waals surface area contributed by atoms with Gasteiger partial charge in [0.15, 0.2) is 0 Å². The third kappa shape index (κ3) is 8.09. The zero-order chi connectivity index (χ0) is 34.7. The van der Waals surface area contributed by atoms with Crippen molar-refractivity contribution >= 4 is 40.4 Å². The molecule has 0 aliphatic rings. The van der Waals surface area contributed by atoms with E-state index < -0.39 is 23.1 Å². The first-order valence-electron chi connectivity index (χ1n) is 16.0.